The van der Waals surface area contributed by atoms with Gasteiger partial charge in [-0.25, -0.2) is 9.97 Å². The highest BCUT2D eigenvalue weighted by Crippen LogP contribution is 2.16. The molecule has 0 saturated heterocycles. The summed E-state index contributed by atoms with van der Waals surface area (Å²) >= 11 is 1.45. The Morgan fingerprint density at radius 1 is 1.59 bits per heavy atom. The van der Waals surface area contributed by atoms with E-state index in [1.54, 1.807) is 30.9 Å². The minimum Gasteiger partial charge on any atom is -0.347 e. The summed E-state index contributed by atoms with van der Waals surface area (Å²) in [6, 6.07) is 3.52. The Balaban J connectivity index is 2.04. The molecule has 0 aliphatic heterocycles. The molecule has 2 aromatic rings. The van der Waals surface area contributed by atoms with Crippen molar-refractivity contribution in [2.75, 3.05) is 6.26 Å². The predicted octanol–water partition coefficient (Wildman–Crippen LogP) is 1.46. The smallest absolute Gasteiger partial charge is 0.254 e. The molecule has 2 N–H and O–H groups in total. The van der Waals surface area contributed by atoms with E-state index < -0.39 is 0 Å². The zero-order valence-corrected chi connectivity index (χ0v) is 10.1. The van der Waals surface area contributed by atoms with Gasteiger partial charge in [0.2, 0.25) is 0 Å². The molecule has 2 rings (SSSR count). The number of H-pyrrole nitrogens is 1. The number of carbonyl (C=O) groups is 1. The van der Waals surface area contributed by atoms with Crippen LogP contribution in [0, 0.1) is 0 Å². The maximum absolute atomic E-state index is 11.9. The van der Waals surface area contributed by atoms with Crippen molar-refractivity contribution in [1.29, 1.82) is 0 Å². The van der Waals surface area contributed by atoms with E-state index in [2.05, 4.69) is 20.3 Å². The number of hydrogen-bond acceptors (Lipinski definition) is 4. The lowest BCUT2D eigenvalue weighted by atomic mass is 10.2. The van der Waals surface area contributed by atoms with Gasteiger partial charge >= 0.3 is 0 Å². The highest BCUT2D eigenvalue weighted by Gasteiger charge is 2.10. The Labute approximate surface area is 103 Å². The van der Waals surface area contributed by atoms with E-state index in [0.29, 0.717) is 12.1 Å². The standard InChI is InChI=1S/C11H12N4OS/c1-17-11-9(3-2-4-13-11)10(16)14-6-8-5-12-7-15-8/h2-5,7H,6H2,1H3,(H,12,15)(H,14,16). The van der Waals surface area contributed by atoms with Gasteiger partial charge in [0.1, 0.15) is 5.03 Å². The quantitative estimate of drug-likeness (QED) is 0.804. The van der Waals surface area contributed by atoms with Crippen LogP contribution in [0.4, 0.5) is 0 Å². The van der Waals surface area contributed by atoms with Crippen LogP contribution in [-0.4, -0.2) is 27.1 Å². The first-order chi connectivity index (χ1) is 8.31. The van der Waals surface area contributed by atoms with Gasteiger partial charge < -0.3 is 10.3 Å². The average Bonchev–Trinajstić information content (AvgIpc) is 2.89. The SMILES string of the molecule is CSc1ncccc1C(=O)NCc1cnc[nH]1. The number of hydrogen-bond donors (Lipinski definition) is 2. The lowest BCUT2D eigenvalue weighted by Crippen LogP contribution is -2.23. The van der Waals surface area contributed by atoms with Crippen LogP contribution in [0.25, 0.3) is 0 Å². The molecule has 0 atom stereocenters. The Bertz CT molecular complexity index is 498. The molecule has 2 heterocycles. The summed E-state index contributed by atoms with van der Waals surface area (Å²) in [6.07, 6.45) is 6.84. The first kappa shape index (κ1) is 11.7. The van der Waals surface area contributed by atoms with Gasteiger partial charge in [0, 0.05) is 12.4 Å². The lowest BCUT2D eigenvalue weighted by Gasteiger charge is -2.06. The molecular formula is C11H12N4OS. The van der Waals surface area contributed by atoms with Gasteiger partial charge in [0.05, 0.1) is 24.1 Å². The van der Waals surface area contributed by atoms with Crippen LogP contribution in [0.3, 0.4) is 0 Å². The van der Waals surface area contributed by atoms with Crippen LogP contribution in [0.15, 0.2) is 35.9 Å². The first-order valence-electron chi connectivity index (χ1n) is 5.05. The summed E-state index contributed by atoms with van der Waals surface area (Å²) in [5.74, 6) is -0.128. The van der Waals surface area contributed by atoms with Crippen molar-refractivity contribution in [3.05, 3.63) is 42.1 Å². The minimum atomic E-state index is -0.128. The topological polar surface area (TPSA) is 70.7 Å². The van der Waals surface area contributed by atoms with Crippen LogP contribution in [0.2, 0.25) is 0 Å². The summed E-state index contributed by atoms with van der Waals surface area (Å²) in [7, 11) is 0. The fourth-order valence-electron chi connectivity index (χ4n) is 1.38. The van der Waals surface area contributed by atoms with Gasteiger partial charge in [0.15, 0.2) is 0 Å². The second-order valence-corrected chi connectivity index (χ2v) is 4.11. The minimum absolute atomic E-state index is 0.128. The molecule has 0 aromatic carbocycles. The molecule has 0 fully saturated rings. The van der Waals surface area contributed by atoms with Gasteiger partial charge in [-0.2, -0.15) is 0 Å². The fraction of sp³-hybridized carbons (Fsp3) is 0.182. The summed E-state index contributed by atoms with van der Waals surface area (Å²) < 4.78 is 0. The van der Waals surface area contributed by atoms with Gasteiger partial charge in [-0.3, -0.25) is 4.79 Å². The molecule has 0 unspecified atom stereocenters. The third-order valence-electron chi connectivity index (χ3n) is 2.20. The number of nitrogens with one attached hydrogen (secondary N) is 2. The zero-order chi connectivity index (χ0) is 12.1. The van der Waals surface area contributed by atoms with E-state index in [4.69, 9.17) is 0 Å². The van der Waals surface area contributed by atoms with Gasteiger partial charge in [-0.15, -0.1) is 11.8 Å². The van der Waals surface area contributed by atoms with Crippen LogP contribution in [0.1, 0.15) is 16.1 Å². The Kier molecular flexibility index (Phi) is 3.77. The van der Waals surface area contributed by atoms with E-state index in [0.717, 1.165) is 10.7 Å². The van der Waals surface area contributed by atoms with Crippen LogP contribution in [-0.2, 0) is 6.54 Å². The second-order valence-electron chi connectivity index (χ2n) is 3.32. The van der Waals surface area contributed by atoms with Gasteiger partial charge in [-0.1, -0.05) is 0 Å². The van der Waals surface area contributed by atoms with E-state index in [9.17, 15) is 4.79 Å². The molecule has 0 bridgehead atoms. The van der Waals surface area contributed by atoms with Crippen molar-refractivity contribution < 1.29 is 4.79 Å². The number of nitrogens with zero attached hydrogens (tertiary/aromatic N) is 2. The summed E-state index contributed by atoms with van der Waals surface area (Å²) in [4.78, 5) is 22.9. The number of thioether (sulfide) groups is 1. The van der Waals surface area contributed by atoms with Crippen LogP contribution >= 0.6 is 11.8 Å². The molecule has 6 heteroatoms. The molecule has 1 amide bonds. The highest BCUT2D eigenvalue weighted by atomic mass is 32.2. The molecular weight excluding hydrogens is 236 g/mol. The van der Waals surface area contributed by atoms with Crippen molar-refractivity contribution in [2.45, 2.75) is 11.6 Å². The van der Waals surface area contributed by atoms with Crippen LogP contribution < -0.4 is 5.32 Å². The Morgan fingerprint density at radius 3 is 3.18 bits per heavy atom. The molecule has 0 saturated carbocycles. The summed E-state index contributed by atoms with van der Waals surface area (Å²) in [5.41, 5.74) is 1.47. The van der Waals surface area contributed by atoms with Crippen molar-refractivity contribution >= 4 is 17.7 Å². The third-order valence-corrected chi connectivity index (χ3v) is 2.92. The largest absolute Gasteiger partial charge is 0.347 e. The normalized spacial score (nSPS) is 10.2. The third kappa shape index (κ3) is 2.85. The molecule has 88 valence electrons. The summed E-state index contributed by atoms with van der Waals surface area (Å²) in [6.45, 7) is 0.432. The van der Waals surface area contributed by atoms with Gasteiger partial charge in [0.25, 0.3) is 5.91 Å². The molecule has 0 aliphatic rings. The van der Waals surface area contributed by atoms with Crippen molar-refractivity contribution in [3.63, 3.8) is 0 Å². The monoisotopic (exact) mass is 248 g/mol. The zero-order valence-electron chi connectivity index (χ0n) is 9.30. The number of carbonyl (C=O) groups excluding carboxylic acids is 1. The molecule has 2 aromatic heterocycles. The number of rotatable bonds is 4. The first-order valence-corrected chi connectivity index (χ1v) is 6.28. The van der Waals surface area contributed by atoms with E-state index in [1.165, 1.54) is 11.8 Å². The molecule has 5 nitrogen and oxygen atoms in total. The Hall–Kier alpha value is -1.82. The van der Waals surface area contributed by atoms with Crippen molar-refractivity contribution in [1.82, 2.24) is 20.3 Å². The number of pyridine rings is 1. The fourth-order valence-corrected chi connectivity index (χ4v) is 1.93. The maximum atomic E-state index is 11.9. The van der Waals surface area contributed by atoms with Gasteiger partial charge in [-0.05, 0) is 18.4 Å². The molecule has 0 aliphatic carbocycles. The molecule has 0 spiro atoms. The van der Waals surface area contributed by atoms with E-state index >= 15 is 0 Å². The van der Waals surface area contributed by atoms with Crippen LogP contribution in [0.5, 0.6) is 0 Å². The summed E-state index contributed by atoms with van der Waals surface area (Å²) in [5, 5.41) is 3.54. The van der Waals surface area contributed by atoms with E-state index in [1.807, 2.05) is 6.26 Å². The highest BCUT2D eigenvalue weighted by molar-refractivity contribution is 7.98. The maximum Gasteiger partial charge on any atom is 0.254 e. The number of aromatic nitrogens is 3. The number of imidazole rings is 1. The van der Waals surface area contributed by atoms with E-state index in [-0.39, 0.29) is 5.91 Å². The predicted molar refractivity (Wildman–Crippen MR) is 65.8 cm³/mol. The average molecular weight is 248 g/mol. The number of aromatic amines is 1. The Morgan fingerprint density at radius 2 is 2.47 bits per heavy atom. The van der Waals surface area contributed by atoms with Crippen molar-refractivity contribution in [2.24, 2.45) is 0 Å². The molecule has 0 radical (unpaired) electrons. The number of amides is 1. The second kappa shape index (κ2) is 5.49. The lowest BCUT2D eigenvalue weighted by molar-refractivity contribution is 0.0947. The van der Waals surface area contributed by atoms with Crippen molar-refractivity contribution in [3.8, 4) is 0 Å². The molecule has 17 heavy (non-hydrogen) atoms.